The molecule has 1 rings (SSSR count). The molecule has 0 atom stereocenters. The number of halogens is 1. The molecule has 15 heavy (non-hydrogen) atoms. The fourth-order valence-corrected chi connectivity index (χ4v) is 1.36. The third-order valence-corrected chi connectivity index (χ3v) is 2.02. The van der Waals surface area contributed by atoms with Gasteiger partial charge in [-0.05, 0) is 18.2 Å². The summed E-state index contributed by atoms with van der Waals surface area (Å²) in [4.78, 5) is 15.4. The van der Waals surface area contributed by atoms with E-state index < -0.39 is 0 Å². The van der Waals surface area contributed by atoms with Crippen LogP contribution < -0.4 is 4.74 Å². The maximum Gasteiger partial charge on any atom is 0.308 e. The minimum atomic E-state index is -0.371. The lowest BCUT2D eigenvalue weighted by Crippen LogP contribution is -2.03. The lowest BCUT2D eigenvalue weighted by atomic mass is 10.2. The molecule has 0 radical (unpaired) electrons. The third kappa shape index (κ3) is 3.71. The van der Waals surface area contributed by atoms with Crippen LogP contribution in [-0.2, 0) is 9.63 Å². The summed E-state index contributed by atoms with van der Waals surface area (Å²) in [7, 11) is 1.44. The van der Waals surface area contributed by atoms with Crippen molar-refractivity contribution in [1.82, 2.24) is 0 Å². The fraction of sp³-hybridized carbons (Fsp3) is 0.200. The zero-order valence-electron chi connectivity index (χ0n) is 8.36. The minimum Gasteiger partial charge on any atom is -0.426 e. The quantitative estimate of drug-likeness (QED) is 0.367. The Hall–Kier alpha value is -1.36. The fourth-order valence-electron chi connectivity index (χ4n) is 0.977. The van der Waals surface area contributed by atoms with E-state index in [-0.39, 0.29) is 5.97 Å². The van der Waals surface area contributed by atoms with Crippen molar-refractivity contribution in [2.45, 2.75) is 6.92 Å². The topological polar surface area (TPSA) is 47.9 Å². The summed E-state index contributed by atoms with van der Waals surface area (Å²) >= 11 is 3.31. The van der Waals surface area contributed by atoms with E-state index in [0.717, 1.165) is 4.47 Å². The van der Waals surface area contributed by atoms with Gasteiger partial charge in [-0.25, -0.2) is 0 Å². The molecule has 0 spiro atoms. The highest BCUT2D eigenvalue weighted by Crippen LogP contribution is 2.21. The molecule has 0 aliphatic heterocycles. The molecule has 0 saturated heterocycles. The van der Waals surface area contributed by atoms with E-state index >= 15 is 0 Å². The maximum atomic E-state index is 10.8. The Kier molecular flexibility index (Phi) is 4.30. The van der Waals surface area contributed by atoms with Crippen LogP contribution in [0.25, 0.3) is 0 Å². The molecule has 5 heteroatoms. The van der Waals surface area contributed by atoms with E-state index in [1.54, 1.807) is 18.2 Å². The van der Waals surface area contributed by atoms with E-state index in [1.165, 1.54) is 20.2 Å². The van der Waals surface area contributed by atoms with Crippen LogP contribution in [0.4, 0.5) is 0 Å². The zero-order valence-corrected chi connectivity index (χ0v) is 9.95. The molecule has 1 aromatic carbocycles. The minimum absolute atomic E-state index is 0.371. The normalized spacial score (nSPS) is 10.3. The summed E-state index contributed by atoms with van der Waals surface area (Å²) < 4.78 is 5.86. The molecule has 0 N–H and O–H groups in total. The molecule has 80 valence electrons. The molecule has 0 amide bonds. The number of carbonyl (C=O) groups excluding carboxylic acids is 1. The van der Waals surface area contributed by atoms with Crippen LogP contribution in [0.3, 0.4) is 0 Å². The van der Waals surface area contributed by atoms with E-state index in [0.29, 0.717) is 11.3 Å². The first-order valence-electron chi connectivity index (χ1n) is 4.18. The van der Waals surface area contributed by atoms with Gasteiger partial charge in [0.05, 0.1) is 6.21 Å². The molecule has 0 fully saturated rings. The Morgan fingerprint density at radius 2 is 2.27 bits per heavy atom. The van der Waals surface area contributed by atoms with Gasteiger partial charge in [0.1, 0.15) is 12.9 Å². The van der Waals surface area contributed by atoms with Crippen molar-refractivity contribution < 1.29 is 14.4 Å². The molecule has 0 aromatic heterocycles. The highest BCUT2D eigenvalue weighted by molar-refractivity contribution is 9.10. The summed E-state index contributed by atoms with van der Waals surface area (Å²) in [6, 6.07) is 5.24. The molecule has 0 aliphatic carbocycles. The van der Waals surface area contributed by atoms with Crippen LogP contribution >= 0.6 is 15.9 Å². The molecule has 0 aliphatic rings. The Labute approximate surface area is 96.0 Å². The van der Waals surface area contributed by atoms with Crippen molar-refractivity contribution in [3.05, 3.63) is 28.2 Å². The van der Waals surface area contributed by atoms with Crippen LogP contribution in [0.1, 0.15) is 12.5 Å². The van der Waals surface area contributed by atoms with Crippen molar-refractivity contribution in [3.8, 4) is 5.75 Å². The van der Waals surface area contributed by atoms with Crippen molar-refractivity contribution in [1.29, 1.82) is 0 Å². The number of oxime groups is 1. The summed E-state index contributed by atoms with van der Waals surface area (Å²) in [5, 5.41) is 3.61. The third-order valence-electron chi connectivity index (χ3n) is 1.52. The molecule has 0 heterocycles. The number of carbonyl (C=O) groups is 1. The first kappa shape index (κ1) is 11.7. The lowest BCUT2D eigenvalue weighted by Gasteiger charge is -2.05. The number of benzene rings is 1. The SMILES string of the molecule is CO/N=C/c1cc(Br)ccc1OC(C)=O. The van der Waals surface area contributed by atoms with Gasteiger partial charge in [0.2, 0.25) is 0 Å². The van der Waals surface area contributed by atoms with Gasteiger partial charge in [-0.1, -0.05) is 21.1 Å². The van der Waals surface area contributed by atoms with E-state index in [9.17, 15) is 4.79 Å². The maximum absolute atomic E-state index is 10.8. The van der Waals surface area contributed by atoms with Crippen LogP contribution in [0.2, 0.25) is 0 Å². The summed E-state index contributed by atoms with van der Waals surface area (Å²) in [5.41, 5.74) is 0.668. The molecule has 0 bridgehead atoms. The van der Waals surface area contributed by atoms with Crippen molar-refractivity contribution >= 4 is 28.1 Å². The highest BCUT2D eigenvalue weighted by atomic mass is 79.9. The van der Waals surface area contributed by atoms with Crippen LogP contribution in [-0.4, -0.2) is 19.3 Å². The second kappa shape index (κ2) is 5.50. The molecule has 0 saturated carbocycles. The predicted molar refractivity (Wildman–Crippen MR) is 60.1 cm³/mol. The number of nitrogens with zero attached hydrogens (tertiary/aromatic N) is 1. The Morgan fingerprint density at radius 3 is 2.87 bits per heavy atom. The average Bonchev–Trinajstić information content (AvgIpc) is 2.18. The monoisotopic (exact) mass is 271 g/mol. The standard InChI is InChI=1S/C10H10BrNO3/c1-7(13)15-10-4-3-9(11)5-8(10)6-12-14-2/h3-6H,1-2H3/b12-6+. The molecule has 4 nitrogen and oxygen atoms in total. The number of hydrogen-bond donors (Lipinski definition) is 0. The first-order valence-corrected chi connectivity index (χ1v) is 4.97. The van der Waals surface area contributed by atoms with E-state index in [1.807, 2.05) is 0 Å². The van der Waals surface area contributed by atoms with Crippen LogP contribution in [0.15, 0.2) is 27.8 Å². The van der Waals surface area contributed by atoms with E-state index in [4.69, 9.17) is 4.74 Å². The molecular formula is C10H10BrNO3. The second-order valence-corrected chi connectivity index (χ2v) is 3.61. The van der Waals surface area contributed by atoms with Crippen LogP contribution in [0.5, 0.6) is 5.75 Å². The average molecular weight is 272 g/mol. The van der Waals surface area contributed by atoms with E-state index in [2.05, 4.69) is 25.9 Å². The van der Waals surface area contributed by atoms with Gasteiger partial charge in [0.25, 0.3) is 0 Å². The largest absolute Gasteiger partial charge is 0.426 e. The molecular weight excluding hydrogens is 262 g/mol. The van der Waals surface area contributed by atoms with Gasteiger partial charge in [-0.15, -0.1) is 0 Å². The first-order chi connectivity index (χ1) is 7.13. The van der Waals surface area contributed by atoms with Gasteiger partial charge in [0, 0.05) is 17.0 Å². The van der Waals surface area contributed by atoms with Gasteiger partial charge in [-0.2, -0.15) is 0 Å². The summed E-state index contributed by atoms with van der Waals surface area (Å²) in [6.07, 6.45) is 1.48. The van der Waals surface area contributed by atoms with Crippen LogP contribution in [0, 0.1) is 0 Å². The van der Waals surface area contributed by atoms with Gasteiger partial charge in [0.15, 0.2) is 0 Å². The smallest absolute Gasteiger partial charge is 0.308 e. The second-order valence-electron chi connectivity index (χ2n) is 2.69. The number of ether oxygens (including phenoxy) is 1. The highest BCUT2D eigenvalue weighted by Gasteiger charge is 2.05. The number of rotatable bonds is 3. The van der Waals surface area contributed by atoms with Gasteiger partial charge >= 0.3 is 5.97 Å². The molecule has 1 aromatic rings. The summed E-state index contributed by atoms with van der Waals surface area (Å²) in [5.74, 6) is 0.0795. The zero-order chi connectivity index (χ0) is 11.3. The Balaban J connectivity index is 3.02. The van der Waals surface area contributed by atoms with Crippen molar-refractivity contribution in [2.24, 2.45) is 5.16 Å². The summed E-state index contributed by atoms with van der Waals surface area (Å²) in [6.45, 7) is 1.35. The Bertz CT molecular complexity index is 390. The Morgan fingerprint density at radius 1 is 1.53 bits per heavy atom. The van der Waals surface area contributed by atoms with Gasteiger partial charge in [-0.3, -0.25) is 4.79 Å². The molecule has 0 unspecified atom stereocenters. The predicted octanol–water partition coefficient (Wildman–Crippen LogP) is 2.35. The van der Waals surface area contributed by atoms with Gasteiger partial charge < -0.3 is 9.57 Å². The van der Waals surface area contributed by atoms with Crippen molar-refractivity contribution in [3.63, 3.8) is 0 Å². The lowest BCUT2D eigenvalue weighted by molar-refractivity contribution is -0.131. The van der Waals surface area contributed by atoms with Crippen molar-refractivity contribution in [2.75, 3.05) is 7.11 Å². The number of esters is 1. The number of hydrogen-bond acceptors (Lipinski definition) is 4.